The third-order valence-corrected chi connectivity index (χ3v) is 3.89. The first-order valence-corrected chi connectivity index (χ1v) is 8.18. The zero-order valence-corrected chi connectivity index (χ0v) is 13.6. The van der Waals surface area contributed by atoms with E-state index in [9.17, 15) is 18.0 Å². The highest BCUT2D eigenvalue weighted by Crippen LogP contribution is 2.28. The molecule has 1 amide bonds. The van der Waals surface area contributed by atoms with Gasteiger partial charge < -0.3 is 14.4 Å². The third-order valence-electron chi connectivity index (χ3n) is 3.89. The van der Waals surface area contributed by atoms with Gasteiger partial charge in [-0.1, -0.05) is 44.4 Å². The van der Waals surface area contributed by atoms with Crippen molar-refractivity contribution in [3.63, 3.8) is 0 Å². The maximum absolute atomic E-state index is 12.4. The van der Waals surface area contributed by atoms with Gasteiger partial charge in [0.05, 0.1) is 13.1 Å². The van der Waals surface area contributed by atoms with Crippen molar-refractivity contribution in [3.05, 3.63) is 29.8 Å². The number of carbonyl (C=O) groups excluding carboxylic acids is 1. The number of ether oxygens (including phenoxy) is 2. The van der Waals surface area contributed by atoms with E-state index in [2.05, 4.69) is 11.7 Å². The van der Waals surface area contributed by atoms with Gasteiger partial charge in [0.15, 0.2) is 0 Å². The van der Waals surface area contributed by atoms with Gasteiger partial charge in [0.1, 0.15) is 11.9 Å². The summed E-state index contributed by atoms with van der Waals surface area (Å²) in [6, 6.07) is 5.83. The van der Waals surface area contributed by atoms with Crippen LogP contribution >= 0.6 is 0 Å². The second-order valence-electron chi connectivity index (χ2n) is 5.89. The Morgan fingerprint density at radius 3 is 2.71 bits per heavy atom. The van der Waals surface area contributed by atoms with Crippen LogP contribution in [0, 0.1) is 0 Å². The zero-order valence-electron chi connectivity index (χ0n) is 13.6. The highest BCUT2D eigenvalue weighted by atomic mass is 19.4. The molecule has 0 aromatic heterocycles. The van der Waals surface area contributed by atoms with Crippen molar-refractivity contribution in [1.82, 2.24) is 4.90 Å². The number of hydrogen-bond acceptors (Lipinski definition) is 3. The number of alkyl halides is 3. The topological polar surface area (TPSA) is 38.8 Å². The number of amides is 1. The lowest BCUT2D eigenvalue weighted by Gasteiger charge is -2.17. The Bertz CT molecular complexity index is 548. The summed E-state index contributed by atoms with van der Waals surface area (Å²) in [6.45, 7) is 2.56. The zero-order chi connectivity index (χ0) is 17.6. The van der Waals surface area contributed by atoms with Crippen LogP contribution in [-0.2, 0) is 11.3 Å². The van der Waals surface area contributed by atoms with Crippen LogP contribution in [0.5, 0.6) is 5.75 Å². The minimum Gasteiger partial charge on any atom is -0.444 e. The van der Waals surface area contributed by atoms with Gasteiger partial charge in [0, 0.05) is 5.56 Å². The van der Waals surface area contributed by atoms with Crippen LogP contribution in [0.25, 0.3) is 0 Å². The Morgan fingerprint density at radius 1 is 1.25 bits per heavy atom. The first-order valence-electron chi connectivity index (χ1n) is 8.18. The predicted molar refractivity (Wildman–Crippen MR) is 82.6 cm³/mol. The maximum Gasteiger partial charge on any atom is 0.573 e. The van der Waals surface area contributed by atoms with E-state index in [0.717, 1.165) is 32.1 Å². The van der Waals surface area contributed by atoms with Gasteiger partial charge in [-0.15, -0.1) is 13.2 Å². The van der Waals surface area contributed by atoms with Gasteiger partial charge in [-0.05, 0) is 18.9 Å². The molecule has 0 saturated carbocycles. The summed E-state index contributed by atoms with van der Waals surface area (Å²) in [4.78, 5) is 13.3. The molecule has 0 bridgehead atoms. The highest BCUT2D eigenvalue weighted by Gasteiger charge is 2.34. The van der Waals surface area contributed by atoms with E-state index in [1.165, 1.54) is 23.1 Å². The standard InChI is InChI=1S/C17H22F3NO3/c1-2-3-4-5-9-14-12-21(16(22)23-14)11-13-8-6-7-10-15(13)24-17(18,19)20/h6-8,10,14H,2-5,9,11-12H2,1H3. The van der Waals surface area contributed by atoms with E-state index in [1.54, 1.807) is 6.07 Å². The van der Waals surface area contributed by atoms with Gasteiger partial charge in [-0.2, -0.15) is 0 Å². The lowest BCUT2D eigenvalue weighted by Crippen LogP contribution is -2.26. The van der Waals surface area contributed by atoms with Crippen LogP contribution in [0.4, 0.5) is 18.0 Å². The molecule has 1 aliphatic rings. The fraction of sp³-hybridized carbons (Fsp3) is 0.588. The molecule has 1 saturated heterocycles. The van der Waals surface area contributed by atoms with Gasteiger partial charge in [0.2, 0.25) is 0 Å². The van der Waals surface area contributed by atoms with E-state index in [4.69, 9.17) is 4.74 Å². The van der Waals surface area contributed by atoms with Crippen molar-refractivity contribution in [3.8, 4) is 5.75 Å². The predicted octanol–water partition coefficient (Wildman–Crippen LogP) is 4.88. The van der Waals surface area contributed by atoms with Crippen LogP contribution in [0.15, 0.2) is 24.3 Å². The number of halogens is 3. The molecule has 1 aromatic rings. The lowest BCUT2D eigenvalue weighted by atomic mass is 10.1. The number of benzene rings is 1. The molecule has 1 fully saturated rings. The van der Waals surface area contributed by atoms with Crippen LogP contribution in [0.2, 0.25) is 0 Å². The average molecular weight is 345 g/mol. The van der Waals surface area contributed by atoms with Crippen molar-refractivity contribution in [2.24, 2.45) is 0 Å². The van der Waals surface area contributed by atoms with Gasteiger partial charge in [-0.3, -0.25) is 0 Å². The minimum atomic E-state index is -4.76. The molecule has 0 radical (unpaired) electrons. The van der Waals surface area contributed by atoms with Crippen LogP contribution in [-0.4, -0.2) is 30.0 Å². The second kappa shape index (κ2) is 8.26. The van der Waals surface area contributed by atoms with E-state index in [0.29, 0.717) is 12.1 Å². The molecular formula is C17H22F3NO3. The summed E-state index contributed by atoms with van der Waals surface area (Å²) in [7, 11) is 0. The minimum absolute atomic E-state index is 0.0382. The number of carbonyl (C=O) groups is 1. The van der Waals surface area contributed by atoms with Gasteiger partial charge in [-0.25, -0.2) is 4.79 Å². The molecule has 2 rings (SSSR count). The fourth-order valence-corrected chi connectivity index (χ4v) is 2.72. The quantitative estimate of drug-likeness (QED) is 0.631. The molecule has 1 unspecified atom stereocenters. The normalized spacial score (nSPS) is 17.9. The molecule has 1 aliphatic heterocycles. The molecule has 4 nitrogen and oxygen atoms in total. The van der Waals surface area contributed by atoms with Crippen LogP contribution in [0.1, 0.15) is 44.6 Å². The van der Waals surface area contributed by atoms with Crippen molar-refractivity contribution >= 4 is 6.09 Å². The third kappa shape index (κ3) is 5.62. The van der Waals surface area contributed by atoms with E-state index >= 15 is 0 Å². The second-order valence-corrected chi connectivity index (χ2v) is 5.89. The van der Waals surface area contributed by atoms with Gasteiger partial charge >= 0.3 is 12.5 Å². The smallest absolute Gasteiger partial charge is 0.444 e. The first-order chi connectivity index (χ1) is 11.4. The van der Waals surface area contributed by atoms with E-state index in [-0.39, 0.29) is 18.4 Å². The maximum atomic E-state index is 12.4. The van der Waals surface area contributed by atoms with Crippen molar-refractivity contribution in [2.45, 2.75) is 58.0 Å². The van der Waals surface area contributed by atoms with Gasteiger partial charge in [0.25, 0.3) is 0 Å². The average Bonchev–Trinajstić information content (AvgIpc) is 2.84. The summed E-state index contributed by atoms with van der Waals surface area (Å²) in [6.07, 6.45) is -0.312. The Kier molecular flexibility index (Phi) is 6.34. The van der Waals surface area contributed by atoms with Crippen molar-refractivity contribution in [2.75, 3.05) is 6.54 Å². The Hall–Kier alpha value is -1.92. The molecule has 24 heavy (non-hydrogen) atoms. The summed E-state index contributed by atoms with van der Waals surface area (Å²) in [5, 5.41) is 0. The van der Waals surface area contributed by atoms with Crippen LogP contribution < -0.4 is 4.74 Å². The van der Waals surface area contributed by atoms with Crippen molar-refractivity contribution in [1.29, 1.82) is 0 Å². The fourth-order valence-electron chi connectivity index (χ4n) is 2.72. The molecule has 1 atom stereocenters. The summed E-state index contributed by atoms with van der Waals surface area (Å²) < 4.78 is 46.7. The van der Waals surface area contributed by atoms with E-state index in [1.807, 2.05) is 0 Å². The molecule has 0 aliphatic carbocycles. The molecule has 1 heterocycles. The molecule has 0 spiro atoms. The number of hydrogen-bond donors (Lipinski definition) is 0. The number of cyclic esters (lactones) is 1. The molecule has 134 valence electrons. The molecule has 1 aromatic carbocycles. The Balaban J connectivity index is 1.93. The molecule has 7 heteroatoms. The lowest BCUT2D eigenvalue weighted by molar-refractivity contribution is -0.275. The molecule has 0 N–H and O–H groups in total. The van der Waals surface area contributed by atoms with Crippen molar-refractivity contribution < 1.29 is 27.4 Å². The van der Waals surface area contributed by atoms with E-state index < -0.39 is 12.5 Å². The highest BCUT2D eigenvalue weighted by molar-refractivity contribution is 5.70. The molecular weight excluding hydrogens is 323 g/mol. The Morgan fingerprint density at radius 2 is 2.00 bits per heavy atom. The summed E-state index contributed by atoms with van der Waals surface area (Å²) >= 11 is 0. The summed E-state index contributed by atoms with van der Waals surface area (Å²) in [5.74, 6) is -0.288. The summed E-state index contributed by atoms with van der Waals surface area (Å²) in [5.41, 5.74) is 0.304. The number of rotatable bonds is 8. The largest absolute Gasteiger partial charge is 0.573 e. The number of para-hydroxylation sites is 1. The Labute approximate surface area is 139 Å². The monoisotopic (exact) mass is 345 g/mol. The number of unbranched alkanes of at least 4 members (excludes halogenated alkanes) is 3. The SMILES string of the molecule is CCCCCCC1CN(Cc2ccccc2OC(F)(F)F)C(=O)O1. The first kappa shape index (κ1) is 18.4. The number of nitrogens with zero attached hydrogens (tertiary/aromatic N) is 1. The van der Waals surface area contributed by atoms with Crippen LogP contribution in [0.3, 0.4) is 0 Å².